The third kappa shape index (κ3) is 1.65. The molecule has 1 fully saturated rings. The molecule has 0 heterocycles. The quantitative estimate of drug-likeness (QED) is 0.449. The normalized spacial score (nSPS) is 27.6. The van der Waals surface area contributed by atoms with Gasteiger partial charge in [-0.25, -0.2) is 0 Å². The van der Waals surface area contributed by atoms with E-state index in [1.807, 2.05) is 30.3 Å². The molecule has 0 bridgehead atoms. The summed E-state index contributed by atoms with van der Waals surface area (Å²) < 4.78 is 0. The fraction of sp³-hybridized carbons (Fsp3) is 0.385. The van der Waals surface area contributed by atoms with Crippen LogP contribution in [0, 0.1) is 17.3 Å². The van der Waals surface area contributed by atoms with Crippen molar-refractivity contribution >= 4 is 11.6 Å². The van der Waals surface area contributed by atoms with Crippen LogP contribution in [-0.2, 0) is 0 Å². The van der Waals surface area contributed by atoms with E-state index >= 15 is 0 Å². The number of hydrogen-bond acceptors (Lipinski definition) is 0. The van der Waals surface area contributed by atoms with Gasteiger partial charge in [-0.3, -0.25) is 0 Å². The molecule has 2 rings (SSSR count). The van der Waals surface area contributed by atoms with Gasteiger partial charge in [0.15, 0.2) is 0 Å². The Morgan fingerprint density at radius 3 is 2.29 bits per heavy atom. The topological polar surface area (TPSA) is 0 Å². The SMILES string of the molecule is CC1(C)CC1(Cl)C#Cc1ccccc1. The second-order valence-electron chi connectivity index (χ2n) is 4.48. The van der Waals surface area contributed by atoms with E-state index in [9.17, 15) is 0 Å². The summed E-state index contributed by atoms with van der Waals surface area (Å²) in [6.07, 6.45) is 0.987. The highest BCUT2D eigenvalue weighted by Gasteiger charge is 2.59. The molecule has 0 radical (unpaired) electrons. The smallest absolute Gasteiger partial charge is 0.104 e. The standard InChI is InChI=1S/C13H13Cl/c1-12(2)10-13(12,14)9-8-11-6-4-3-5-7-11/h3-7H,10H2,1-2H3. The molecule has 0 amide bonds. The van der Waals surface area contributed by atoms with E-state index in [4.69, 9.17) is 11.6 Å². The first-order valence-corrected chi connectivity index (χ1v) is 5.18. The van der Waals surface area contributed by atoms with Crippen LogP contribution in [0.5, 0.6) is 0 Å². The third-order valence-electron chi connectivity index (χ3n) is 2.81. The number of halogens is 1. The molecule has 1 aliphatic carbocycles. The lowest BCUT2D eigenvalue weighted by Gasteiger charge is -2.02. The second-order valence-corrected chi connectivity index (χ2v) is 5.12. The van der Waals surface area contributed by atoms with Crippen molar-refractivity contribution in [3.05, 3.63) is 35.9 Å². The van der Waals surface area contributed by atoms with Gasteiger partial charge in [-0.15, -0.1) is 11.6 Å². The molecular weight excluding hydrogens is 192 g/mol. The van der Waals surface area contributed by atoms with E-state index in [0.717, 1.165) is 12.0 Å². The van der Waals surface area contributed by atoms with Gasteiger partial charge in [0.1, 0.15) is 4.87 Å². The van der Waals surface area contributed by atoms with Crippen molar-refractivity contribution < 1.29 is 0 Å². The number of benzene rings is 1. The van der Waals surface area contributed by atoms with Gasteiger partial charge >= 0.3 is 0 Å². The molecule has 0 N–H and O–H groups in total. The molecule has 0 saturated heterocycles. The molecule has 0 aliphatic heterocycles. The highest BCUT2D eigenvalue weighted by molar-refractivity contribution is 6.29. The molecule has 72 valence electrons. The second kappa shape index (κ2) is 3.04. The van der Waals surface area contributed by atoms with Crippen LogP contribution in [0.3, 0.4) is 0 Å². The van der Waals surface area contributed by atoms with Gasteiger partial charge in [-0.2, -0.15) is 0 Å². The zero-order valence-electron chi connectivity index (χ0n) is 8.47. The lowest BCUT2D eigenvalue weighted by Crippen LogP contribution is -2.03. The number of rotatable bonds is 0. The fourth-order valence-electron chi connectivity index (χ4n) is 1.47. The van der Waals surface area contributed by atoms with Crippen LogP contribution in [0.25, 0.3) is 0 Å². The van der Waals surface area contributed by atoms with Crippen LogP contribution < -0.4 is 0 Å². The third-order valence-corrected chi connectivity index (χ3v) is 3.55. The fourth-order valence-corrected chi connectivity index (χ4v) is 1.85. The maximum atomic E-state index is 6.31. The Hall–Kier alpha value is -0.930. The van der Waals surface area contributed by atoms with E-state index in [2.05, 4.69) is 25.7 Å². The molecule has 0 spiro atoms. The van der Waals surface area contributed by atoms with Gasteiger partial charge in [0.2, 0.25) is 0 Å². The lowest BCUT2D eigenvalue weighted by molar-refractivity contribution is 0.629. The molecular formula is C13H13Cl. The Bertz CT molecular complexity index is 394. The summed E-state index contributed by atoms with van der Waals surface area (Å²) in [6, 6.07) is 9.97. The summed E-state index contributed by atoms with van der Waals surface area (Å²) in [7, 11) is 0. The van der Waals surface area contributed by atoms with Crippen molar-refractivity contribution in [3.8, 4) is 11.8 Å². The molecule has 1 unspecified atom stereocenters. The van der Waals surface area contributed by atoms with E-state index in [1.165, 1.54) is 0 Å². The molecule has 1 heteroatoms. The maximum absolute atomic E-state index is 6.31. The van der Waals surface area contributed by atoms with Crippen LogP contribution in [0.2, 0.25) is 0 Å². The van der Waals surface area contributed by atoms with Crippen molar-refractivity contribution in [2.45, 2.75) is 25.1 Å². The first-order valence-electron chi connectivity index (χ1n) is 4.81. The summed E-state index contributed by atoms with van der Waals surface area (Å²) >= 11 is 6.31. The van der Waals surface area contributed by atoms with Crippen molar-refractivity contribution in [1.29, 1.82) is 0 Å². The Morgan fingerprint density at radius 1 is 1.21 bits per heavy atom. The summed E-state index contributed by atoms with van der Waals surface area (Å²) in [5.74, 6) is 6.28. The average molecular weight is 205 g/mol. The first kappa shape index (κ1) is 9.62. The van der Waals surface area contributed by atoms with Crippen molar-refractivity contribution in [3.63, 3.8) is 0 Å². The minimum Gasteiger partial charge on any atom is -0.104 e. The van der Waals surface area contributed by atoms with Crippen molar-refractivity contribution in [2.24, 2.45) is 5.41 Å². The van der Waals surface area contributed by atoms with E-state index in [0.29, 0.717) is 0 Å². The van der Waals surface area contributed by atoms with E-state index in [1.54, 1.807) is 0 Å². The van der Waals surface area contributed by atoms with E-state index < -0.39 is 0 Å². The summed E-state index contributed by atoms with van der Waals surface area (Å²) in [6.45, 7) is 4.30. The van der Waals surface area contributed by atoms with Crippen molar-refractivity contribution in [1.82, 2.24) is 0 Å². The molecule has 1 atom stereocenters. The summed E-state index contributed by atoms with van der Waals surface area (Å²) in [5.41, 5.74) is 1.21. The Balaban J connectivity index is 2.17. The number of alkyl halides is 1. The van der Waals surface area contributed by atoms with Gasteiger partial charge in [0.25, 0.3) is 0 Å². The number of hydrogen-bond donors (Lipinski definition) is 0. The Morgan fingerprint density at radius 2 is 1.79 bits per heavy atom. The van der Waals surface area contributed by atoms with Crippen LogP contribution in [0.4, 0.5) is 0 Å². The highest BCUT2D eigenvalue weighted by atomic mass is 35.5. The first-order chi connectivity index (χ1) is 6.54. The van der Waals surface area contributed by atoms with Crippen LogP contribution in [0.1, 0.15) is 25.8 Å². The van der Waals surface area contributed by atoms with Gasteiger partial charge in [-0.1, -0.05) is 43.9 Å². The van der Waals surface area contributed by atoms with E-state index in [-0.39, 0.29) is 10.3 Å². The molecule has 14 heavy (non-hydrogen) atoms. The van der Waals surface area contributed by atoms with Crippen LogP contribution in [0.15, 0.2) is 30.3 Å². The van der Waals surface area contributed by atoms with Crippen LogP contribution >= 0.6 is 11.6 Å². The molecule has 1 aromatic carbocycles. The van der Waals surface area contributed by atoms with Gasteiger partial charge in [0.05, 0.1) is 0 Å². The van der Waals surface area contributed by atoms with Gasteiger partial charge in [0, 0.05) is 5.56 Å². The Labute approximate surface area is 90.3 Å². The van der Waals surface area contributed by atoms with Gasteiger partial charge in [-0.05, 0) is 24.0 Å². The van der Waals surface area contributed by atoms with Crippen molar-refractivity contribution in [2.75, 3.05) is 0 Å². The minimum absolute atomic E-state index is 0.177. The predicted molar refractivity (Wildman–Crippen MR) is 60.3 cm³/mol. The zero-order valence-corrected chi connectivity index (χ0v) is 9.23. The Kier molecular flexibility index (Phi) is 2.09. The monoisotopic (exact) mass is 204 g/mol. The molecule has 1 aliphatic rings. The largest absolute Gasteiger partial charge is 0.111 e. The molecule has 0 aromatic heterocycles. The highest BCUT2D eigenvalue weighted by Crippen LogP contribution is 2.60. The summed E-state index contributed by atoms with van der Waals surface area (Å²) in [4.78, 5) is -0.289. The summed E-state index contributed by atoms with van der Waals surface area (Å²) in [5, 5.41) is 0. The molecule has 0 nitrogen and oxygen atoms in total. The molecule has 1 aromatic rings. The van der Waals surface area contributed by atoms with Gasteiger partial charge < -0.3 is 0 Å². The zero-order chi connectivity index (χ0) is 10.2. The maximum Gasteiger partial charge on any atom is 0.111 e. The van der Waals surface area contributed by atoms with Crippen LogP contribution in [-0.4, -0.2) is 4.87 Å². The minimum atomic E-state index is -0.289. The average Bonchev–Trinajstić information content (AvgIpc) is 2.65. The lowest BCUT2D eigenvalue weighted by atomic mass is 10.1. The predicted octanol–water partition coefficient (Wildman–Crippen LogP) is 3.45. The molecule has 1 saturated carbocycles.